The smallest absolute Gasteiger partial charge is 0.220 e. The van der Waals surface area contributed by atoms with Crippen molar-refractivity contribution in [3.63, 3.8) is 0 Å². The Morgan fingerprint density at radius 1 is 1.33 bits per heavy atom. The molecule has 0 aromatic rings. The Balaban J connectivity index is 1.98. The molecule has 1 fully saturated rings. The highest BCUT2D eigenvalue weighted by Crippen LogP contribution is 2.26. The third kappa shape index (κ3) is 6.36. The van der Waals surface area contributed by atoms with Gasteiger partial charge in [0.2, 0.25) is 5.91 Å². The minimum atomic E-state index is 0.193. The molecule has 0 saturated heterocycles. The van der Waals surface area contributed by atoms with Crippen LogP contribution in [0.1, 0.15) is 51.9 Å². The molecule has 106 valence electrons. The van der Waals surface area contributed by atoms with Gasteiger partial charge in [-0.25, -0.2) is 0 Å². The number of unbranched alkanes of at least 4 members (excludes halogenated alkanes) is 3. The lowest BCUT2D eigenvalue weighted by atomic mass is 10.1. The molecule has 0 bridgehead atoms. The molecule has 1 atom stereocenters. The minimum absolute atomic E-state index is 0.193. The zero-order valence-corrected chi connectivity index (χ0v) is 12.0. The number of hydrogen-bond acceptors (Lipinski definition) is 3. The summed E-state index contributed by atoms with van der Waals surface area (Å²) in [6.45, 7) is 3.71. The third-order valence-corrected chi connectivity index (χ3v) is 3.77. The van der Waals surface area contributed by atoms with E-state index in [0.717, 1.165) is 44.8 Å². The fourth-order valence-electron chi connectivity index (χ4n) is 2.12. The Hall–Kier alpha value is -0.610. The molecule has 4 heteroatoms. The highest BCUT2D eigenvalue weighted by atomic mass is 16.1. The minimum Gasteiger partial charge on any atom is -0.355 e. The molecule has 0 aromatic heterocycles. The summed E-state index contributed by atoms with van der Waals surface area (Å²) in [7, 11) is 2.15. The molecular weight excluding hydrogens is 226 g/mol. The average molecular weight is 255 g/mol. The van der Waals surface area contributed by atoms with Gasteiger partial charge in [-0.2, -0.15) is 0 Å². The van der Waals surface area contributed by atoms with Gasteiger partial charge in [0, 0.05) is 25.0 Å². The van der Waals surface area contributed by atoms with E-state index in [1.54, 1.807) is 0 Å². The van der Waals surface area contributed by atoms with Crippen molar-refractivity contribution in [3.8, 4) is 0 Å². The Morgan fingerprint density at radius 2 is 2.00 bits per heavy atom. The molecule has 1 saturated carbocycles. The molecule has 0 aliphatic heterocycles. The first-order valence-corrected chi connectivity index (χ1v) is 7.34. The van der Waals surface area contributed by atoms with E-state index in [0.29, 0.717) is 12.5 Å². The molecule has 0 heterocycles. The van der Waals surface area contributed by atoms with Gasteiger partial charge in [-0.3, -0.25) is 9.69 Å². The number of nitrogens with two attached hydrogens (primary N) is 1. The van der Waals surface area contributed by atoms with Gasteiger partial charge in [-0.1, -0.05) is 12.8 Å². The van der Waals surface area contributed by atoms with Crippen LogP contribution in [-0.2, 0) is 4.79 Å². The normalized spacial score (nSPS) is 16.9. The number of nitrogens with one attached hydrogen (secondary N) is 1. The molecule has 0 spiro atoms. The van der Waals surface area contributed by atoms with Gasteiger partial charge in [-0.05, 0) is 46.2 Å². The van der Waals surface area contributed by atoms with Gasteiger partial charge in [0.15, 0.2) is 0 Å². The summed E-state index contributed by atoms with van der Waals surface area (Å²) in [5, 5.41) is 3.03. The van der Waals surface area contributed by atoms with Crippen molar-refractivity contribution < 1.29 is 4.79 Å². The Kier molecular flexibility index (Phi) is 7.28. The van der Waals surface area contributed by atoms with E-state index in [9.17, 15) is 4.79 Å². The van der Waals surface area contributed by atoms with Crippen LogP contribution >= 0.6 is 0 Å². The molecular formula is C14H29N3O. The fraction of sp³-hybridized carbons (Fsp3) is 0.929. The lowest BCUT2D eigenvalue weighted by molar-refractivity contribution is -0.121. The van der Waals surface area contributed by atoms with Crippen molar-refractivity contribution in [1.82, 2.24) is 10.2 Å². The van der Waals surface area contributed by atoms with E-state index in [1.807, 2.05) is 0 Å². The number of hydrogen-bond donors (Lipinski definition) is 2. The first kappa shape index (κ1) is 15.4. The number of likely N-dealkylation sites (N-methyl/N-ethyl adjacent to an activating group) is 1. The lowest BCUT2D eigenvalue weighted by Crippen LogP contribution is -2.41. The van der Waals surface area contributed by atoms with Crippen LogP contribution in [0, 0.1) is 0 Å². The second kappa shape index (κ2) is 8.48. The van der Waals surface area contributed by atoms with Crippen LogP contribution in [-0.4, -0.2) is 43.0 Å². The summed E-state index contributed by atoms with van der Waals surface area (Å²) in [5.74, 6) is 0.193. The van der Waals surface area contributed by atoms with Crippen molar-refractivity contribution in [2.45, 2.75) is 64.0 Å². The second-order valence-electron chi connectivity index (χ2n) is 5.50. The van der Waals surface area contributed by atoms with Crippen molar-refractivity contribution in [2.24, 2.45) is 5.73 Å². The number of carbonyl (C=O) groups is 1. The largest absolute Gasteiger partial charge is 0.355 e. The molecule has 4 nitrogen and oxygen atoms in total. The number of nitrogens with zero attached hydrogens (tertiary/aromatic N) is 1. The van der Waals surface area contributed by atoms with E-state index in [2.05, 4.69) is 24.2 Å². The van der Waals surface area contributed by atoms with E-state index in [1.165, 1.54) is 12.8 Å². The molecule has 1 aliphatic carbocycles. The van der Waals surface area contributed by atoms with E-state index >= 15 is 0 Å². The number of amides is 1. The summed E-state index contributed by atoms with van der Waals surface area (Å²) in [6.07, 6.45) is 7.60. The maximum Gasteiger partial charge on any atom is 0.220 e. The number of rotatable bonds is 10. The SMILES string of the molecule is CC(CNC(=O)CCCCCCN)N(C)C1CC1. The molecule has 1 aliphatic rings. The lowest BCUT2D eigenvalue weighted by Gasteiger charge is -2.24. The second-order valence-corrected chi connectivity index (χ2v) is 5.50. The summed E-state index contributed by atoms with van der Waals surface area (Å²) in [4.78, 5) is 14.0. The summed E-state index contributed by atoms with van der Waals surface area (Å²) in [6, 6.07) is 1.20. The quantitative estimate of drug-likeness (QED) is 0.582. The number of carbonyl (C=O) groups excluding carboxylic acids is 1. The van der Waals surface area contributed by atoms with Crippen molar-refractivity contribution in [2.75, 3.05) is 20.1 Å². The molecule has 1 rings (SSSR count). The Bertz CT molecular complexity index is 241. The van der Waals surface area contributed by atoms with Gasteiger partial charge in [0.05, 0.1) is 0 Å². The summed E-state index contributed by atoms with van der Waals surface area (Å²) in [5.41, 5.74) is 5.43. The average Bonchev–Trinajstić information content (AvgIpc) is 3.19. The highest BCUT2D eigenvalue weighted by Gasteiger charge is 2.28. The van der Waals surface area contributed by atoms with Crippen LogP contribution < -0.4 is 11.1 Å². The van der Waals surface area contributed by atoms with Crippen molar-refractivity contribution in [3.05, 3.63) is 0 Å². The van der Waals surface area contributed by atoms with Crippen LogP contribution in [0.25, 0.3) is 0 Å². The molecule has 1 amide bonds. The first-order chi connectivity index (χ1) is 8.65. The van der Waals surface area contributed by atoms with Crippen LogP contribution in [0.15, 0.2) is 0 Å². The van der Waals surface area contributed by atoms with Crippen LogP contribution in [0.2, 0.25) is 0 Å². The van der Waals surface area contributed by atoms with Crippen LogP contribution in [0.3, 0.4) is 0 Å². The third-order valence-electron chi connectivity index (χ3n) is 3.77. The van der Waals surface area contributed by atoms with Crippen molar-refractivity contribution in [1.29, 1.82) is 0 Å². The standard InChI is InChI=1S/C14H29N3O/c1-12(17(2)13-8-9-13)11-16-14(18)7-5-3-4-6-10-15/h12-13H,3-11,15H2,1-2H3,(H,16,18). The summed E-state index contributed by atoms with van der Waals surface area (Å²) >= 11 is 0. The highest BCUT2D eigenvalue weighted by molar-refractivity contribution is 5.75. The van der Waals surface area contributed by atoms with Gasteiger partial charge in [0.1, 0.15) is 0 Å². The van der Waals surface area contributed by atoms with Gasteiger partial charge >= 0.3 is 0 Å². The monoisotopic (exact) mass is 255 g/mol. The predicted octanol–water partition coefficient (Wildman–Crippen LogP) is 1.49. The zero-order valence-electron chi connectivity index (χ0n) is 12.0. The van der Waals surface area contributed by atoms with E-state index < -0.39 is 0 Å². The van der Waals surface area contributed by atoms with E-state index in [-0.39, 0.29) is 5.91 Å². The predicted molar refractivity (Wildman–Crippen MR) is 75.4 cm³/mol. The van der Waals surface area contributed by atoms with E-state index in [4.69, 9.17) is 5.73 Å². The van der Waals surface area contributed by atoms with Gasteiger partial charge in [-0.15, -0.1) is 0 Å². The Morgan fingerprint density at radius 3 is 2.61 bits per heavy atom. The van der Waals surface area contributed by atoms with Crippen LogP contribution in [0.4, 0.5) is 0 Å². The Labute approximate surface area is 111 Å². The molecule has 3 N–H and O–H groups in total. The van der Waals surface area contributed by atoms with Gasteiger partial charge < -0.3 is 11.1 Å². The first-order valence-electron chi connectivity index (χ1n) is 7.34. The molecule has 1 unspecified atom stereocenters. The molecule has 0 radical (unpaired) electrons. The molecule has 18 heavy (non-hydrogen) atoms. The zero-order chi connectivity index (χ0) is 13.4. The van der Waals surface area contributed by atoms with Crippen molar-refractivity contribution >= 4 is 5.91 Å². The van der Waals surface area contributed by atoms with Crippen LogP contribution in [0.5, 0.6) is 0 Å². The maximum atomic E-state index is 11.6. The fourth-order valence-corrected chi connectivity index (χ4v) is 2.12. The van der Waals surface area contributed by atoms with Gasteiger partial charge in [0.25, 0.3) is 0 Å². The summed E-state index contributed by atoms with van der Waals surface area (Å²) < 4.78 is 0. The maximum absolute atomic E-state index is 11.6. The topological polar surface area (TPSA) is 58.4 Å². The molecule has 0 aromatic carbocycles.